The van der Waals surface area contributed by atoms with Crippen LogP contribution in [-0.4, -0.2) is 21.9 Å². The minimum absolute atomic E-state index is 0.0915. The van der Waals surface area contributed by atoms with Gasteiger partial charge in [-0.3, -0.25) is 9.36 Å². The van der Waals surface area contributed by atoms with E-state index in [4.69, 9.17) is 4.74 Å². The molecule has 0 amide bonds. The standard InChI is InChI=1S/C21H20INO3/c1-21(2,25)14-26-19-9-7-18(8-10-19)23-12-11-16(13-20(23)24)15-3-5-17(22)6-4-15/h3-13,25H,14H2,1-2H3. The maximum Gasteiger partial charge on any atom is 0.255 e. The number of nitrogens with zero attached hydrogens (tertiary/aromatic N) is 1. The monoisotopic (exact) mass is 461 g/mol. The minimum Gasteiger partial charge on any atom is -0.491 e. The number of rotatable bonds is 5. The first-order chi connectivity index (χ1) is 12.3. The van der Waals surface area contributed by atoms with E-state index in [1.807, 2.05) is 42.5 Å². The summed E-state index contributed by atoms with van der Waals surface area (Å²) in [6.07, 6.45) is 1.78. The van der Waals surface area contributed by atoms with E-state index in [9.17, 15) is 9.90 Å². The largest absolute Gasteiger partial charge is 0.491 e. The highest BCUT2D eigenvalue weighted by atomic mass is 127. The van der Waals surface area contributed by atoms with Crippen LogP contribution in [0.3, 0.4) is 0 Å². The Morgan fingerprint density at radius 3 is 2.23 bits per heavy atom. The molecule has 0 aliphatic rings. The first-order valence-electron chi connectivity index (χ1n) is 8.26. The van der Waals surface area contributed by atoms with Crippen LogP contribution in [0.5, 0.6) is 5.75 Å². The van der Waals surface area contributed by atoms with Gasteiger partial charge in [0.15, 0.2) is 0 Å². The van der Waals surface area contributed by atoms with E-state index in [-0.39, 0.29) is 12.2 Å². The number of aliphatic hydroxyl groups is 1. The van der Waals surface area contributed by atoms with Crippen LogP contribution in [-0.2, 0) is 0 Å². The number of aromatic nitrogens is 1. The van der Waals surface area contributed by atoms with Gasteiger partial charge < -0.3 is 9.84 Å². The van der Waals surface area contributed by atoms with Gasteiger partial charge in [-0.2, -0.15) is 0 Å². The first-order valence-corrected chi connectivity index (χ1v) is 9.34. The summed E-state index contributed by atoms with van der Waals surface area (Å²) >= 11 is 2.26. The lowest BCUT2D eigenvalue weighted by Crippen LogP contribution is -2.27. The molecule has 0 radical (unpaired) electrons. The fraction of sp³-hybridized carbons (Fsp3) is 0.190. The maximum absolute atomic E-state index is 12.5. The fourth-order valence-electron chi connectivity index (χ4n) is 2.48. The van der Waals surface area contributed by atoms with Crippen molar-refractivity contribution < 1.29 is 9.84 Å². The van der Waals surface area contributed by atoms with Crippen molar-refractivity contribution in [3.8, 4) is 22.6 Å². The van der Waals surface area contributed by atoms with Crippen LogP contribution >= 0.6 is 22.6 Å². The van der Waals surface area contributed by atoms with Gasteiger partial charge in [-0.1, -0.05) is 12.1 Å². The van der Waals surface area contributed by atoms with Crippen LogP contribution in [0.1, 0.15) is 13.8 Å². The summed E-state index contributed by atoms with van der Waals surface area (Å²) in [5, 5.41) is 9.71. The molecule has 0 atom stereocenters. The van der Waals surface area contributed by atoms with E-state index in [1.165, 1.54) is 0 Å². The van der Waals surface area contributed by atoms with Gasteiger partial charge in [0.1, 0.15) is 12.4 Å². The van der Waals surface area contributed by atoms with E-state index in [2.05, 4.69) is 22.6 Å². The van der Waals surface area contributed by atoms with Crippen LogP contribution in [0, 0.1) is 3.57 Å². The van der Waals surface area contributed by atoms with Crippen molar-refractivity contribution in [2.75, 3.05) is 6.61 Å². The van der Waals surface area contributed by atoms with Crippen molar-refractivity contribution in [1.82, 2.24) is 4.57 Å². The maximum atomic E-state index is 12.5. The lowest BCUT2D eigenvalue weighted by molar-refractivity contribution is 0.0285. The van der Waals surface area contributed by atoms with Crippen molar-refractivity contribution in [2.45, 2.75) is 19.4 Å². The second-order valence-corrected chi connectivity index (χ2v) is 7.97. The van der Waals surface area contributed by atoms with E-state index in [0.717, 1.165) is 20.4 Å². The summed E-state index contributed by atoms with van der Waals surface area (Å²) in [7, 11) is 0. The molecule has 4 nitrogen and oxygen atoms in total. The molecule has 3 rings (SSSR count). The van der Waals surface area contributed by atoms with Crippen LogP contribution in [0.2, 0.25) is 0 Å². The van der Waals surface area contributed by atoms with Gasteiger partial charge >= 0.3 is 0 Å². The number of benzene rings is 2. The van der Waals surface area contributed by atoms with Gasteiger partial charge in [-0.25, -0.2) is 0 Å². The highest BCUT2D eigenvalue weighted by molar-refractivity contribution is 14.1. The molecule has 3 aromatic rings. The third-order valence-corrected chi connectivity index (χ3v) is 4.52. The smallest absolute Gasteiger partial charge is 0.255 e. The summed E-state index contributed by atoms with van der Waals surface area (Å²) in [5.74, 6) is 0.652. The van der Waals surface area contributed by atoms with Crippen LogP contribution in [0.4, 0.5) is 0 Å². The summed E-state index contributed by atoms with van der Waals surface area (Å²) in [6, 6.07) is 18.9. The van der Waals surface area contributed by atoms with Gasteiger partial charge in [0.05, 0.1) is 5.60 Å². The zero-order valence-corrected chi connectivity index (χ0v) is 16.8. The molecule has 0 unspecified atom stereocenters. The third-order valence-electron chi connectivity index (χ3n) is 3.80. The summed E-state index contributed by atoms with van der Waals surface area (Å²) < 4.78 is 8.29. The van der Waals surface area contributed by atoms with Crippen LogP contribution < -0.4 is 10.3 Å². The zero-order chi connectivity index (χ0) is 18.7. The molecule has 0 saturated heterocycles. The first kappa shape index (κ1) is 18.7. The van der Waals surface area contributed by atoms with Crippen LogP contribution in [0.25, 0.3) is 16.8 Å². The van der Waals surface area contributed by atoms with Gasteiger partial charge in [-0.05, 0) is 90.0 Å². The SMILES string of the molecule is CC(C)(O)COc1ccc(-n2ccc(-c3ccc(I)cc3)cc2=O)cc1. The summed E-state index contributed by atoms with van der Waals surface area (Å²) in [4.78, 5) is 12.5. The molecule has 1 aromatic heterocycles. The molecule has 134 valence electrons. The minimum atomic E-state index is -0.888. The highest BCUT2D eigenvalue weighted by Crippen LogP contribution is 2.20. The van der Waals surface area contributed by atoms with Gasteiger partial charge in [0.25, 0.3) is 5.56 Å². The average Bonchev–Trinajstić information content (AvgIpc) is 2.60. The van der Waals surface area contributed by atoms with E-state index in [0.29, 0.717) is 5.75 Å². The number of halogens is 1. The molecule has 2 aromatic carbocycles. The number of hydrogen-bond acceptors (Lipinski definition) is 3. The van der Waals surface area contributed by atoms with E-state index >= 15 is 0 Å². The van der Waals surface area contributed by atoms with Crippen molar-refractivity contribution in [3.63, 3.8) is 0 Å². The Hall–Kier alpha value is -2.12. The van der Waals surface area contributed by atoms with Crippen LogP contribution in [0.15, 0.2) is 71.7 Å². The van der Waals surface area contributed by atoms with Gasteiger partial charge in [0.2, 0.25) is 0 Å². The molecule has 0 aliphatic heterocycles. The molecule has 0 saturated carbocycles. The topological polar surface area (TPSA) is 51.5 Å². The molecule has 0 bridgehead atoms. The molecule has 5 heteroatoms. The molecule has 0 aliphatic carbocycles. The van der Waals surface area contributed by atoms with Gasteiger partial charge in [0, 0.05) is 21.5 Å². The quantitative estimate of drug-likeness (QED) is 0.578. The predicted molar refractivity (Wildman–Crippen MR) is 112 cm³/mol. The van der Waals surface area contributed by atoms with Crippen molar-refractivity contribution in [2.24, 2.45) is 0 Å². The van der Waals surface area contributed by atoms with E-state index < -0.39 is 5.60 Å². The Kier molecular flexibility index (Phi) is 5.48. The number of pyridine rings is 1. The predicted octanol–water partition coefficient (Wildman–Crippen LogP) is 4.26. The van der Waals surface area contributed by atoms with Crippen molar-refractivity contribution in [3.05, 3.63) is 80.8 Å². The zero-order valence-electron chi connectivity index (χ0n) is 14.6. The number of hydrogen-bond donors (Lipinski definition) is 1. The molecule has 1 N–H and O–H groups in total. The van der Waals surface area contributed by atoms with Gasteiger partial charge in [-0.15, -0.1) is 0 Å². The second-order valence-electron chi connectivity index (χ2n) is 6.73. The Labute approximate surface area is 166 Å². The molecular formula is C21H20INO3. The fourth-order valence-corrected chi connectivity index (χ4v) is 2.84. The Bertz CT molecular complexity index is 939. The summed E-state index contributed by atoms with van der Waals surface area (Å²) in [6.45, 7) is 3.59. The Balaban J connectivity index is 1.81. The Morgan fingerprint density at radius 1 is 1.00 bits per heavy atom. The lowest BCUT2D eigenvalue weighted by atomic mass is 10.1. The summed E-state index contributed by atoms with van der Waals surface area (Å²) in [5.41, 5.74) is 1.70. The Morgan fingerprint density at radius 2 is 1.65 bits per heavy atom. The molecule has 1 heterocycles. The average molecular weight is 461 g/mol. The molecule has 0 fully saturated rings. The van der Waals surface area contributed by atoms with E-state index in [1.54, 1.807) is 42.8 Å². The second kappa shape index (κ2) is 7.63. The number of ether oxygens (including phenoxy) is 1. The lowest BCUT2D eigenvalue weighted by Gasteiger charge is -2.18. The van der Waals surface area contributed by atoms with Crippen molar-refractivity contribution >= 4 is 22.6 Å². The van der Waals surface area contributed by atoms with Crippen molar-refractivity contribution in [1.29, 1.82) is 0 Å². The molecule has 26 heavy (non-hydrogen) atoms. The normalized spacial score (nSPS) is 11.4. The third kappa shape index (κ3) is 4.74. The molecule has 0 spiro atoms. The highest BCUT2D eigenvalue weighted by Gasteiger charge is 2.13. The molecular weight excluding hydrogens is 441 g/mol.